The average Bonchev–Trinajstić information content (AvgIpc) is 3.44. The molecule has 0 amide bonds. The SMILES string of the molecule is Cc1ncc(CC(=O)c2cc(C(F)(F)F)ccn2)cc1-n1cc(-c2cccc(CC3CCN(C(C)C)CC3)c2)nn1. The molecule has 214 valence electrons. The van der Waals surface area contributed by atoms with Gasteiger partial charge in [0.2, 0.25) is 0 Å². The zero-order valence-electron chi connectivity index (χ0n) is 23.4. The molecule has 0 spiro atoms. The Morgan fingerprint density at radius 3 is 2.56 bits per heavy atom. The molecule has 3 aromatic heterocycles. The van der Waals surface area contributed by atoms with Crippen LogP contribution in [0.3, 0.4) is 0 Å². The number of carbonyl (C=O) groups is 1. The minimum Gasteiger partial charge on any atom is -0.301 e. The van der Waals surface area contributed by atoms with E-state index in [0.29, 0.717) is 28.9 Å². The lowest BCUT2D eigenvalue weighted by molar-refractivity contribution is -0.137. The van der Waals surface area contributed by atoms with E-state index >= 15 is 0 Å². The van der Waals surface area contributed by atoms with Crippen LogP contribution < -0.4 is 0 Å². The molecule has 0 saturated carbocycles. The van der Waals surface area contributed by atoms with Gasteiger partial charge < -0.3 is 4.90 Å². The van der Waals surface area contributed by atoms with Crippen LogP contribution in [0.5, 0.6) is 0 Å². The first kappa shape index (κ1) is 28.6. The predicted octanol–water partition coefficient (Wildman–Crippen LogP) is 6.14. The fourth-order valence-corrected chi connectivity index (χ4v) is 5.31. The first-order valence-electron chi connectivity index (χ1n) is 13.8. The van der Waals surface area contributed by atoms with Gasteiger partial charge in [0.1, 0.15) is 11.4 Å². The molecule has 4 heterocycles. The summed E-state index contributed by atoms with van der Waals surface area (Å²) >= 11 is 0. The highest BCUT2D eigenvalue weighted by Gasteiger charge is 2.31. The minimum absolute atomic E-state index is 0.145. The number of likely N-dealkylation sites (tertiary alicyclic amines) is 1. The molecule has 0 atom stereocenters. The van der Waals surface area contributed by atoms with Crippen molar-refractivity contribution in [1.82, 2.24) is 29.9 Å². The predicted molar refractivity (Wildman–Crippen MR) is 150 cm³/mol. The van der Waals surface area contributed by atoms with Crippen LogP contribution in [0.4, 0.5) is 13.2 Å². The maximum atomic E-state index is 13.1. The van der Waals surface area contributed by atoms with Crippen LogP contribution in [0, 0.1) is 12.8 Å². The number of halogens is 3. The van der Waals surface area contributed by atoms with Gasteiger partial charge in [-0.2, -0.15) is 13.2 Å². The molecule has 0 N–H and O–H groups in total. The van der Waals surface area contributed by atoms with Crippen LogP contribution in [-0.2, 0) is 19.0 Å². The Hall–Kier alpha value is -3.92. The fraction of sp³-hybridized carbons (Fsp3) is 0.387. The summed E-state index contributed by atoms with van der Waals surface area (Å²) in [5, 5.41) is 8.70. The van der Waals surface area contributed by atoms with E-state index in [2.05, 4.69) is 51.2 Å². The highest BCUT2D eigenvalue weighted by Crippen LogP contribution is 2.29. The summed E-state index contributed by atoms with van der Waals surface area (Å²) in [4.78, 5) is 23.5. The Morgan fingerprint density at radius 1 is 1.05 bits per heavy atom. The first-order chi connectivity index (χ1) is 19.6. The summed E-state index contributed by atoms with van der Waals surface area (Å²) in [6, 6.07) is 12.4. The summed E-state index contributed by atoms with van der Waals surface area (Å²) in [5.74, 6) is 0.139. The Kier molecular flexibility index (Phi) is 8.30. The minimum atomic E-state index is -4.55. The molecular weight excluding hydrogens is 529 g/mol. The number of alkyl halides is 3. The normalized spacial score (nSPS) is 15.0. The van der Waals surface area contributed by atoms with E-state index in [0.717, 1.165) is 49.1 Å². The second kappa shape index (κ2) is 11.9. The van der Waals surface area contributed by atoms with Gasteiger partial charge in [0.25, 0.3) is 0 Å². The third-order valence-electron chi connectivity index (χ3n) is 7.72. The van der Waals surface area contributed by atoms with Crippen molar-refractivity contribution in [3.8, 4) is 16.9 Å². The summed E-state index contributed by atoms with van der Waals surface area (Å²) in [6.07, 6.45) is 3.10. The zero-order chi connectivity index (χ0) is 29.1. The molecule has 0 aliphatic carbocycles. The quantitative estimate of drug-likeness (QED) is 0.240. The molecule has 0 radical (unpaired) electrons. The summed E-state index contributed by atoms with van der Waals surface area (Å²) in [6.45, 7) is 8.61. The van der Waals surface area contributed by atoms with Crippen molar-refractivity contribution < 1.29 is 18.0 Å². The lowest BCUT2D eigenvalue weighted by Crippen LogP contribution is -2.38. The van der Waals surface area contributed by atoms with E-state index in [1.54, 1.807) is 10.7 Å². The average molecular weight is 563 g/mol. The van der Waals surface area contributed by atoms with Crippen LogP contribution >= 0.6 is 0 Å². The standard InChI is InChI=1S/C31H33F3N6O/c1-20(2)39-11-8-22(9-12-39)13-23-5-4-6-25(14-23)28-19-40(38-37-28)29-15-24(18-36-21(29)3)16-30(41)27-17-26(7-10-35-27)31(32,33)34/h4-7,10,14-15,17-20,22H,8-9,11-13,16H2,1-3H3. The Balaban J connectivity index is 1.29. The fourth-order valence-electron chi connectivity index (χ4n) is 5.31. The molecule has 0 bridgehead atoms. The smallest absolute Gasteiger partial charge is 0.301 e. The van der Waals surface area contributed by atoms with Crippen molar-refractivity contribution in [1.29, 1.82) is 0 Å². The van der Waals surface area contributed by atoms with Crippen molar-refractivity contribution in [3.05, 3.63) is 89.1 Å². The number of nitrogens with zero attached hydrogens (tertiary/aromatic N) is 6. The number of hydrogen-bond acceptors (Lipinski definition) is 6. The van der Waals surface area contributed by atoms with Gasteiger partial charge in [-0.15, -0.1) is 5.10 Å². The monoisotopic (exact) mass is 562 g/mol. The number of ketones is 1. The van der Waals surface area contributed by atoms with Crippen LogP contribution in [0.25, 0.3) is 16.9 Å². The van der Waals surface area contributed by atoms with Crippen LogP contribution in [0.2, 0.25) is 0 Å². The summed E-state index contributed by atoms with van der Waals surface area (Å²) < 4.78 is 40.8. The number of benzene rings is 1. The third kappa shape index (κ3) is 6.87. The van der Waals surface area contributed by atoms with Crippen molar-refractivity contribution in [2.75, 3.05) is 13.1 Å². The number of aromatic nitrogens is 5. The van der Waals surface area contributed by atoms with Gasteiger partial charge in [0, 0.05) is 30.4 Å². The Labute approximate surface area is 237 Å². The number of hydrogen-bond donors (Lipinski definition) is 0. The second-order valence-corrected chi connectivity index (χ2v) is 11.0. The van der Waals surface area contributed by atoms with E-state index in [4.69, 9.17) is 0 Å². The third-order valence-corrected chi connectivity index (χ3v) is 7.72. The molecule has 7 nitrogen and oxygen atoms in total. The summed E-state index contributed by atoms with van der Waals surface area (Å²) in [7, 11) is 0. The largest absolute Gasteiger partial charge is 0.416 e. The van der Waals surface area contributed by atoms with Gasteiger partial charge in [-0.05, 0) is 94.4 Å². The lowest BCUT2D eigenvalue weighted by atomic mass is 9.89. The molecule has 1 aromatic carbocycles. The molecule has 10 heteroatoms. The van der Waals surface area contributed by atoms with Crippen molar-refractivity contribution in [2.24, 2.45) is 5.92 Å². The van der Waals surface area contributed by atoms with E-state index < -0.39 is 17.5 Å². The lowest BCUT2D eigenvalue weighted by Gasteiger charge is -2.34. The number of pyridine rings is 2. The van der Waals surface area contributed by atoms with Crippen LogP contribution in [-0.4, -0.2) is 54.8 Å². The molecule has 5 rings (SSSR count). The van der Waals surface area contributed by atoms with Crippen molar-refractivity contribution in [3.63, 3.8) is 0 Å². The van der Waals surface area contributed by atoms with Gasteiger partial charge in [0.05, 0.1) is 23.1 Å². The molecule has 1 aliphatic rings. The highest BCUT2D eigenvalue weighted by molar-refractivity contribution is 5.95. The van der Waals surface area contributed by atoms with E-state index in [9.17, 15) is 18.0 Å². The molecule has 41 heavy (non-hydrogen) atoms. The maximum Gasteiger partial charge on any atom is 0.416 e. The molecule has 1 fully saturated rings. The molecule has 1 saturated heterocycles. The topological polar surface area (TPSA) is 76.8 Å². The van der Waals surface area contributed by atoms with E-state index in [1.165, 1.54) is 24.6 Å². The molecular formula is C31H33F3N6O. The Morgan fingerprint density at radius 2 is 1.83 bits per heavy atom. The zero-order valence-corrected chi connectivity index (χ0v) is 23.4. The van der Waals surface area contributed by atoms with Gasteiger partial charge in [-0.3, -0.25) is 14.8 Å². The van der Waals surface area contributed by atoms with E-state index in [-0.39, 0.29) is 12.1 Å². The summed E-state index contributed by atoms with van der Waals surface area (Å²) in [5.41, 5.74) is 3.68. The molecule has 0 unspecified atom stereocenters. The van der Waals surface area contributed by atoms with E-state index in [1.807, 2.05) is 25.3 Å². The van der Waals surface area contributed by atoms with Crippen LogP contribution in [0.15, 0.2) is 61.1 Å². The van der Waals surface area contributed by atoms with Crippen molar-refractivity contribution in [2.45, 2.75) is 58.7 Å². The van der Waals surface area contributed by atoms with Crippen LogP contribution in [0.1, 0.15) is 59.6 Å². The van der Waals surface area contributed by atoms with Gasteiger partial charge >= 0.3 is 6.18 Å². The highest BCUT2D eigenvalue weighted by atomic mass is 19.4. The van der Waals surface area contributed by atoms with Gasteiger partial charge in [-0.25, -0.2) is 4.68 Å². The number of Topliss-reactive ketones (excluding diaryl/α,β-unsaturated/α-hetero) is 1. The van der Waals surface area contributed by atoms with Crippen molar-refractivity contribution >= 4 is 5.78 Å². The first-order valence-corrected chi connectivity index (χ1v) is 13.8. The Bertz CT molecular complexity index is 1520. The van der Waals surface area contributed by atoms with Gasteiger partial charge in [0.15, 0.2) is 5.78 Å². The van der Waals surface area contributed by atoms with Gasteiger partial charge in [-0.1, -0.05) is 23.4 Å². The number of aryl methyl sites for hydroxylation is 1. The molecule has 1 aliphatic heterocycles. The number of piperidine rings is 1. The number of rotatable bonds is 8. The number of carbonyl (C=O) groups excluding carboxylic acids is 1. The molecule has 4 aromatic rings. The second-order valence-electron chi connectivity index (χ2n) is 11.0. The maximum absolute atomic E-state index is 13.1.